The van der Waals surface area contributed by atoms with Gasteiger partial charge in [0.15, 0.2) is 11.5 Å². The van der Waals surface area contributed by atoms with Crippen molar-refractivity contribution in [1.29, 1.82) is 0 Å². The number of nitrogens with zero attached hydrogens (tertiary/aromatic N) is 1. The fourth-order valence-electron chi connectivity index (χ4n) is 5.25. The fourth-order valence-corrected chi connectivity index (χ4v) is 5.25. The molecule has 5 nitrogen and oxygen atoms in total. The molecule has 0 N–H and O–H groups in total. The number of hydrogen-bond acceptors (Lipinski definition) is 5. The zero-order valence-electron chi connectivity index (χ0n) is 19.0. The number of allylic oxidation sites excluding steroid dienone is 1. The Balaban J connectivity index is 1.64. The van der Waals surface area contributed by atoms with Crippen LogP contribution in [0.2, 0.25) is 0 Å². The second-order valence-electron chi connectivity index (χ2n) is 8.69. The number of rotatable bonds is 5. The Bertz CT molecular complexity index is 1010. The third kappa shape index (κ3) is 3.72. The standard InChI is InChI=1S/C26H31NO4/c1-17-7-6-8-18(2)24(17)25(28)31-20-11-12-26(13-14-27(3)23(26)16-20)19-9-10-21(29-4)22(15-19)30-5/h6-10,15-16,23H,11-14H2,1-5H3/t23-,26-/m0/s1. The molecule has 0 saturated carbocycles. The van der Waals surface area contributed by atoms with E-state index < -0.39 is 0 Å². The SMILES string of the molecule is COc1ccc([C@@]23CCC(OC(=O)c4c(C)cccc4C)=C[C@@H]2N(C)CC3)cc1OC. The van der Waals surface area contributed by atoms with E-state index in [0.29, 0.717) is 5.56 Å². The highest BCUT2D eigenvalue weighted by molar-refractivity contribution is 5.93. The van der Waals surface area contributed by atoms with Crippen LogP contribution in [0.5, 0.6) is 11.5 Å². The molecule has 0 spiro atoms. The van der Waals surface area contributed by atoms with Crippen molar-refractivity contribution in [3.8, 4) is 11.5 Å². The number of hydrogen-bond donors (Lipinski definition) is 0. The molecule has 0 aromatic heterocycles. The van der Waals surface area contributed by atoms with Gasteiger partial charge in [0.1, 0.15) is 5.76 Å². The smallest absolute Gasteiger partial charge is 0.343 e. The average molecular weight is 422 g/mol. The van der Waals surface area contributed by atoms with E-state index in [1.807, 2.05) is 38.1 Å². The molecule has 1 aliphatic carbocycles. The lowest BCUT2D eigenvalue weighted by atomic mass is 9.68. The van der Waals surface area contributed by atoms with Crippen molar-refractivity contribution >= 4 is 5.97 Å². The van der Waals surface area contributed by atoms with Crippen molar-refractivity contribution in [2.24, 2.45) is 0 Å². The van der Waals surface area contributed by atoms with E-state index in [-0.39, 0.29) is 17.4 Å². The Kier molecular flexibility index (Phi) is 5.80. The second-order valence-corrected chi connectivity index (χ2v) is 8.69. The number of ether oxygens (including phenoxy) is 3. The molecule has 0 amide bonds. The van der Waals surface area contributed by atoms with Crippen LogP contribution < -0.4 is 9.47 Å². The van der Waals surface area contributed by atoms with Crippen LogP contribution in [0.25, 0.3) is 0 Å². The molecule has 2 aliphatic rings. The topological polar surface area (TPSA) is 48.0 Å². The molecule has 1 saturated heterocycles. The summed E-state index contributed by atoms with van der Waals surface area (Å²) in [7, 11) is 5.46. The van der Waals surface area contributed by atoms with E-state index in [1.54, 1.807) is 14.2 Å². The number of benzene rings is 2. The van der Waals surface area contributed by atoms with Crippen LogP contribution in [-0.4, -0.2) is 44.7 Å². The number of esters is 1. The monoisotopic (exact) mass is 421 g/mol. The van der Waals surface area contributed by atoms with Gasteiger partial charge in [-0.2, -0.15) is 0 Å². The molecule has 0 radical (unpaired) electrons. The highest BCUT2D eigenvalue weighted by atomic mass is 16.5. The molecule has 1 fully saturated rings. The van der Waals surface area contributed by atoms with E-state index >= 15 is 0 Å². The fraction of sp³-hybridized carbons (Fsp3) is 0.423. The quantitative estimate of drug-likeness (QED) is 0.649. The molecular formula is C26H31NO4. The van der Waals surface area contributed by atoms with Gasteiger partial charge in [-0.05, 0) is 75.2 Å². The molecule has 0 bridgehead atoms. The molecule has 2 aromatic rings. The number of methoxy groups -OCH3 is 2. The maximum absolute atomic E-state index is 12.9. The Labute approximate surface area is 184 Å². The summed E-state index contributed by atoms with van der Waals surface area (Å²) >= 11 is 0. The van der Waals surface area contributed by atoms with Crippen LogP contribution in [0.15, 0.2) is 48.2 Å². The van der Waals surface area contributed by atoms with Crippen molar-refractivity contribution in [3.05, 3.63) is 70.5 Å². The van der Waals surface area contributed by atoms with Gasteiger partial charge in [-0.25, -0.2) is 4.79 Å². The minimum absolute atomic E-state index is 0.0250. The van der Waals surface area contributed by atoms with E-state index in [4.69, 9.17) is 14.2 Å². The van der Waals surface area contributed by atoms with Gasteiger partial charge in [0, 0.05) is 17.9 Å². The van der Waals surface area contributed by atoms with Crippen LogP contribution in [0, 0.1) is 13.8 Å². The van der Waals surface area contributed by atoms with Gasteiger partial charge >= 0.3 is 5.97 Å². The summed E-state index contributed by atoms with van der Waals surface area (Å²) in [5.74, 6) is 1.99. The van der Waals surface area contributed by atoms with Crippen molar-refractivity contribution in [2.75, 3.05) is 27.8 Å². The lowest BCUT2D eigenvalue weighted by Crippen LogP contribution is -2.42. The predicted molar refractivity (Wildman–Crippen MR) is 121 cm³/mol. The molecule has 1 heterocycles. The first-order chi connectivity index (χ1) is 14.9. The number of aryl methyl sites for hydroxylation is 2. The highest BCUT2D eigenvalue weighted by Crippen LogP contribution is 2.49. The largest absolute Gasteiger partial charge is 0.493 e. The first-order valence-electron chi connectivity index (χ1n) is 10.8. The molecule has 31 heavy (non-hydrogen) atoms. The van der Waals surface area contributed by atoms with Crippen molar-refractivity contribution in [1.82, 2.24) is 4.90 Å². The summed E-state index contributed by atoms with van der Waals surface area (Å²) in [6, 6.07) is 12.3. The van der Waals surface area contributed by atoms with Crippen LogP contribution in [-0.2, 0) is 10.2 Å². The Morgan fingerprint density at radius 1 is 1.03 bits per heavy atom. The van der Waals surface area contributed by atoms with Gasteiger partial charge < -0.3 is 14.2 Å². The lowest BCUT2D eigenvalue weighted by Gasteiger charge is -2.40. The van der Waals surface area contributed by atoms with Gasteiger partial charge in [0.2, 0.25) is 0 Å². The number of carbonyl (C=O) groups excluding carboxylic acids is 1. The van der Waals surface area contributed by atoms with Crippen molar-refractivity contribution in [3.63, 3.8) is 0 Å². The normalized spacial score (nSPS) is 23.1. The third-order valence-electron chi connectivity index (χ3n) is 6.98. The second kappa shape index (κ2) is 8.39. The number of carbonyl (C=O) groups is 1. The van der Waals surface area contributed by atoms with Gasteiger partial charge in [-0.3, -0.25) is 4.90 Å². The highest BCUT2D eigenvalue weighted by Gasteiger charge is 2.48. The molecule has 5 heteroatoms. The lowest BCUT2D eigenvalue weighted by molar-refractivity contribution is 0.0591. The average Bonchev–Trinajstić information content (AvgIpc) is 3.10. The molecule has 164 valence electrons. The van der Waals surface area contributed by atoms with Gasteiger partial charge in [-0.15, -0.1) is 0 Å². The molecule has 2 atom stereocenters. The van der Waals surface area contributed by atoms with Gasteiger partial charge in [0.25, 0.3) is 0 Å². The maximum atomic E-state index is 12.9. The van der Waals surface area contributed by atoms with Crippen LogP contribution >= 0.6 is 0 Å². The molecule has 2 aromatic carbocycles. The van der Waals surface area contributed by atoms with Crippen LogP contribution in [0.4, 0.5) is 0 Å². The first kappa shape index (κ1) is 21.4. The minimum atomic E-state index is -0.263. The maximum Gasteiger partial charge on any atom is 0.343 e. The molecule has 1 aliphatic heterocycles. The number of fused-ring (bicyclic) bond motifs is 1. The number of likely N-dealkylation sites (N-methyl/N-ethyl adjacent to an activating group) is 1. The van der Waals surface area contributed by atoms with Gasteiger partial charge in [0.05, 0.1) is 19.8 Å². The Morgan fingerprint density at radius 3 is 2.42 bits per heavy atom. The Hall–Kier alpha value is -2.79. The molecule has 4 rings (SSSR count). The van der Waals surface area contributed by atoms with Crippen LogP contribution in [0.1, 0.15) is 46.3 Å². The van der Waals surface area contributed by atoms with Crippen molar-refractivity contribution < 1.29 is 19.0 Å². The zero-order chi connectivity index (χ0) is 22.2. The third-order valence-corrected chi connectivity index (χ3v) is 6.98. The number of likely N-dealkylation sites (tertiary alicyclic amines) is 1. The van der Waals surface area contributed by atoms with Gasteiger partial charge in [-0.1, -0.05) is 24.3 Å². The predicted octanol–water partition coefficient (Wildman–Crippen LogP) is 4.80. The first-order valence-corrected chi connectivity index (χ1v) is 10.8. The van der Waals surface area contributed by atoms with E-state index in [1.165, 1.54) is 5.56 Å². The molecular weight excluding hydrogens is 390 g/mol. The summed E-state index contributed by atoms with van der Waals surface area (Å²) in [5, 5.41) is 0. The molecule has 0 unspecified atom stereocenters. The van der Waals surface area contributed by atoms with E-state index in [0.717, 1.165) is 54.2 Å². The summed E-state index contributed by atoms with van der Waals surface area (Å²) in [6.07, 6.45) is 4.86. The summed E-state index contributed by atoms with van der Waals surface area (Å²) in [5.41, 5.74) is 3.77. The van der Waals surface area contributed by atoms with Crippen molar-refractivity contribution in [2.45, 2.75) is 44.6 Å². The van der Waals surface area contributed by atoms with Crippen LogP contribution in [0.3, 0.4) is 0 Å². The Morgan fingerprint density at radius 2 is 1.74 bits per heavy atom. The summed E-state index contributed by atoms with van der Waals surface area (Å²) in [4.78, 5) is 15.3. The van der Waals surface area contributed by atoms with E-state index in [9.17, 15) is 4.79 Å². The zero-order valence-corrected chi connectivity index (χ0v) is 19.0. The minimum Gasteiger partial charge on any atom is -0.493 e. The summed E-state index contributed by atoms with van der Waals surface area (Å²) in [6.45, 7) is 4.89. The van der Waals surface area contributed by atoms with E-state index in [2.05, 4.69) is 30.2 Å². The summed E-state index contributed by atoms with van der Waals surface area (Å²) < 4.78 is 16.9.